The van der Waals surface area contributed by atoms with Crippen molar-refractivity contribution in [2.45, 2.75) is 51.5 Å². The zero-order chi connectivity index (χ0) is 14.5. The van der Waals surface area contributed by atoms with Crippen molar-refractivity contribution in [3.8, 4) is 0 Å². The fourth-order valence-corrected chi connectivity index (χ4v) is 2.97. The molecule has 0 saturated heterocycles. The van der Waals surface area contributed by atoms with Crippen LogP contribution in [0.5, 0.6) is 0 Å². The largest absolute Gasteiger partial charge is 0.327 e. The van der Waals surface area contributed by atoms with Gasteiger partial charge in [0.1, 0.15) is 0 Å². The second kappa shape index (κ2) is 6.89. The molecule has 1 aromatic rings. The van der Waals surface area contributed by atoms with Gasteiger partial charge in [-0.3, -0.25) is 4.79 Å². The molecule has 110 valence electrons. The maximum atomic E-state index is 12.7. The van der Waals surface area contributed by atoms with Crippen molar-refractivity contribution in [1.82, 2.24) is 0 Å². The number of carbonyl (C=O) groups is 1. The first kappa shape index (κ1) is 15.0. The van der Waals surface area contributed by atoms with Crippen LogP contribution in [0.1, 0.15) is 44.6 Å². The second-order valence-corrected chi connectivity index (χ2v) is 5.83. The molecule has 3 heteroatoms. The third-order valence-electron chi connectivity index (χ3n) is 4.45. The average molecular weight is 274 g/mol. The van der Waals surface area contributed by atoms with Gasteiger partial charge in [0.05, 0.1) is 5.92 Å². The highest BCUT2D eigenvalue weighted by Crippen LogP contribution is 2.26. The van der Waals surface area contributed by atoms with Crippen LogP contribution in [0.2, 0.25) is 0 Å². The lowest BCUT2D eigenvalue weighted by atomic mass is 9.94. The van der Waals surface area contributed by atoms with Crippen molar-refractivity contribution in [3.63, 3.8) is 0 Å². The smallest absolute Gasteiger partial charge is 0.231 e. The Bertz CT molecular complexity index is 441. The van der Waals surface area contributed by atoms with E-state index in [1.165, 1.54) is 12.0 Å². The molecule has 2 atom stereocenters. The first-order valence-corrected chi connectivity index (χ1v) is 7.75. The molecule has 2 N–H and O–H groups in total. The van der Waals surface area contributed by atoms with Gasteiger partial charge in [-0.05, 0) is 37.0 Å². The van der Waals surface area contributed by atoms with E-state index in [1.54, 1.807) is 4.90 Å². The monoisotopic (exact) mass is 274 g/mol. The Hall–Kier alpha value is -1.35. The van der Waals surface area contributed by atoms with Crippen LogP contribution in [-0.4, -0.2) is 19.0 Å². The Balaban J connectivity index is 2.09. The first-order chi connectivity index (χ1) is 9.63. The number of rotatable bonds is 3. The summed E-state index contributed by atoms with van der Waals surface area (Å²) in [7, 11) is 1.86. The van der Waals surface area contributed by atoms with Crippen LogP contribution in [0.15, 0.2) is 24.3 Å². The Kier molecular flexibility index (Phi) is 5.18. The van der Waals surface area contributed by atoms with Crippen LogP contribution >= 0.6 is 0 Å². The predicted octanol–water partition coefficient (Wildman–Crippen LogP) is 3.12. The van der Waals surface area contributed by atoms with E-state index in [2.05, 4.69) is 19.1 Å². The van der Waals surface area contributed by atoms with E-state index >= 15 is 0 Å². The van der Waals surface area contributed by atoms with Crippen LogP contribution in [0.4, 0.5) is 5.69 Å². The number of hydrogen-bond donors (Lipinski definition) is 1. The van der Waals surface area contributed by atoms with Crippen molar-refractivity contribution in [3.05, 3.63) is 29.8 Å². The minimum atomic E-state index is -0.0200. The summed E-state index contributed by atoms with van der Waals surface area (Å²) in [5.41, 5.74) is 8.45. The zero-order valence-electron chi connectivity index (χ0n) is 12.6. The van der Waals surface area contributed by atoms with Gasteiger partial charge in [0.2, 0.25) is 5.91 Å². The molecule has 0 aromatic heterocycles. The maximum absolute atomic E-state index is 12.7. The van der Waals surface area contributed by atoms with Crippen LogP contribution in [0, 0.1) is 5.92 Å². The van der Waals surface area contributed by atoms with Crippen molar-refractivity contribution in [2.75, 3.05) is 11.9 Å². The molecule has 1 amide bonds. The standard InChI is InChI=1S/C17H26N2O/c1-3-13-9-11-14(12-10-13)19(2)17(20)15-7-5-4-6-8-16(15)18/h9-12,15-16H,3-8,18H2,1-2H3. The van der Waals surface area contributed by atoms with Gasteiger partial charge in [-0.2, -0.15) is 0 Å². The SMILES string of the molecule is CCc1ccc(N(C)C(=O)C2CCCCCC2N)cc1. The van der Waals surface area contributed by atoms with E-state index in [4.69, 9.17) is 5.73 Å². The quantitative estimate of drug-likeness (QED) is 0.861. The third kappa shape index (κ3) is 3.40. The van der Waals surface area contributed by atoms with Gasteiger partial charge >= 0.3 is 0 Å². The molecular formula is C17H26N2O. The number of carbonyl (C=O) groups excluding carboxylic acids is 1. The molecule has 1 saturated carbocycles. The molecule has 0 radical (unpaired) electrons. The molecule has 0 bridgehead atoms. The number of benzene rings is 1. The number of nitrogens with zero attached hydrogens (tertiary/aromatic N) is 1. The number of anilines is 1. The number of amides is 1. The van der Waals surface area contributed by atoms with E-state index in [9.17, 15) is 4.79 Å². The van der Waals surface area contributed by atoms with Gasteiger partial charge in [0.25, 0.3) is 0 Å². The molecule has 2 rings (SSSR count). The molecule has 0 aliphatic heterocycles. The molecule has 1 aliphatic rings. The third-order valence-corrected chi connectivity index (χ3v) is 4.45. The molecule has 0 spiro atoms. The lowest BCUT2D eigenvalue weighted by Gasteiger charge is -2.26. The Labute approximate surface area is 122 Å². The molecular weight excluding hydrogens is 248 g/mol. The van der Waals surface area contributed by atoms with Gasteiger partial charge in [-0.15, -0.1) is 0 Å². The Morgan fingerprint density at radius 2 is 1.85 bits per heavy atom. The highest BCUT2D eigenvalue weighted by Gasteiger charge is 2.29. The Morgan fingerprint density at radius 3 is 2.50 bits per heavy atom. The molecule has 20 heavy (non-hydrogen) atoms. The van der Waals surface area contributed by atoms with Gasteiger partial charge in [0.15, 0.2) is 0 Å². The molecule has 3 nitrogen and oxygen atoms in total. The molecule has 1 aromatic carbocycles. The highest BCUT2D eigenvalue weighted by molar-refractivity contribution is 5.95. The lowest BCUT2D eigenvalue weighted by Crippen LogP contribution is -2.42. The van der Waals surface area contributed by atoms with Crippen molar-refractivity contribution in [2.24, 2.45) is 11.7 Å². The summed E-state index contributed by atoms with van der Waals surface area (Å²) in [6.07, 6.45) is 6.39. The summed E-state index contributed by atoms with van der Waals surface area (Å²) < 4.78 is 0. The fourth-order valence-electron chi connectivity index (χ4n) is 2.97. The first-order valence-electron chi connectivity index (χ1n) is 7.75. The molecule has 1 fully saturated rings. The van der Waals surface area contributed by atoms with E-state index in [0.29, 0.717) is 0 Å². The molecule has 2 unspecified atom stereocenters. The minimum Gasteiger partial charge on any atom is -0.327 e. The van der Waals surface area contributed by atoms with Gasteiger partial charge in [-0.25, -0.2) is 0 Å². The normalized spacial score (nSPS) is 23.1. The number of nitrogens with two attached hydrogens (primary N) is 1. The maximum Gasteiger partial charge on any atom is 0.231 e. The summed E-state index contributed by atoms with van der Waals surface area (Å²) in [6.45, 7) is 2.13. The Morgan fingerprint density at radius 1 is 1.20 bits per heavy atom. The van der Waals surface area contributed by atoms with E-state index in [1.807, 2.05) is 19.2 Å². The highest BCUT2D eigenvalue weighted by atomic mass is 16.2. The van der Waals surface area contributed by atoms with Crippen LogP contribution in [0.3, 0.4) is 0 Å². The van der Waals surface area contributed by atoms with Crippen molar-refractivity contribution in [1.29, 1.82) is 0 Å². The van der Waals surface area contributed by atoms with Crippen LogP contribution < -0.4 is 10.6 Å². The zero-order valence-corrected chi connectivity index (χ0v) is 12.6. The van der Waals surface area contributed by atoms with E-state index < -0.39 is 0 Å². The molecule has 0 heterocycles. The van der Waals surface area contributed by atoms with E-state index in [0.717, 1.165) is 37.8 Å². The summed E-state index contributed by atoms with van der Waals surface area (Å²) in [4.78, 5) is 14.4. The summed E-state index contributed by atoms with van der Waals surface area (Å²) in [5, 5.41) is 0. The summed E-state index contributed by atoms with van der Waals surface area (Å²) in [6, 6.07) is 8.25. The number of aryl methyl sites for hydroxylation is 1. The molecule has 1 aliphatic carbocycles. The summed E-state index contributed by atoms with van der Waals surface area (Å²) in [5.74, 6) is 0.150. The van der Waals surface area contributed by atoms with Crippen LogP contribution in [0.25, 0.3) is 0 Å². The number of hydrogen-bond acceptors (Lipinski definition) is 2. The fraction of sp³-hybridized carbons (Fsp3) is 0.588. The predicted molar refractivity (Wildman–Crippen MR) is 83.8 cm³/mol. The van der Waals surface area contributed by atoms with Gasteiger partial charge in [-0.1, -0.05) is 38.3 Å². The average Bonchev–Trinajstić information content (AvgIpc) is 2.70. The lowest BCUT2D eigenvalue weighted by molar-refractivity contribution is -0.122. The summed E-state index contributed by atoms with van der Waals surface area (Å²) >= 11 is 0. The minimum absolute atomic E-state index is 0.0161. The van der Waals surface area contributed by atoms with Gasteiger partial charge < -0.3 is 10.6 Å². The van der Waals surface area contributed by atoms with E-state index in [-0.39, 0.29) is 17.9 Å². The van der Waals surface area contributed by atoms with Crippen LogP contribution in [-0.2, 0) is 11.2 Å². The van der Waals surface area contributed by atoms with Gasteiger partial charge in [0, 0.05) is 18.8 Å². The van der Waals surface area contributed by atoms with Crippen molar-refractivity contribution >= 4 is 11.6 Å². The van der Waals surface area contributed by atoms with Crippen molar-refractivity contribution < 1.29 is 4.79 Å². The topological polar surface area (TPSA) is 46.3 Å². The second-order valence-electron chi connectivity index (χ2n) is 5.83.